The zero-order valence-corrected chi connectivity index (χ0v) is 6.88. The summed E-state index contributed by atoms with van der Waals surface area (Å²) in [5.41, 5.74) is 1.09. The Morgan fingerprint density at radius 3 is 3.33 bits per heavy atom. The summed E-state index contributed by atoms with van der Waals surface area (Å²) in [6.45, 7) is 2.70. The Bertz CT molecular complexity index is 214. The predicted molar refractivity (Wildman–Crippen MR) is 43.9 cm³/mol. The largest absolute Gasteiger partial charge is 0.461 e. The van der Waals surface area contributed by atoms with E-state index < -0.39 is 0 Å². The summed E-state index contributed by atoms with van der Waals surface area (Å²) in [7, 11) is 0. The quantitative estimate of drug-likeness (QED) is 0.699. The van der Waals surface area contributed by atoms with Crippen molar-refractivity contribution in [2.24, 2.45) is 0 Å². The normalized spacial score (nSPS) is 24.2. The standard InChI is InChI=1S/C9H12NO2/c1-3-11-7-8(1)5-9-6-10-2-4-12-9/h1,3,9-10H,2,4-6H2. The first-order chi connectivity index (χ1) is 5.95. The SMILES string of the molecule is [c]1occc1CC1CNCCO1. The van der Waals surface area contributed by atoms with Crippen molar-refractivity contribution in [3.63, 3.8) is 0 Å². The lowest BCUT2D eigenvalue weighted by Crippen LogP contribution is -2.39. The van der Waals surface area contributed by atoms with Gasteiger partial charge < -0.3 is 14.5 Å². The first-order valence-electron chi connectivity index (χ1n) is 4.21. The van der Waals surface area contributed by atoms with Crippen molar-refractivity contribution in [1.82, 2.24) is 5.32 Å². The molecular weight excluding hydrogens is 154 g/mol. The van der Waals surface area contributed by atoms with Crippen molar-refractivity contribution in [3.8, 4) is 0 Å². The number of rotatable bonds is 2. The van der Waals surface area contributed by atoms with Crippen LogP contribution in [0.25, 0.3) is 0 Å². The van der Waals surface area contributed by atoms with Crippen molar-refractivity contribution in [2.75, 3.05) is 19.7 Å². The highest BCUT2D eigenvalue weighted by atomic mass is 16.5. The van der Waals surface area contributed by atoms with Gasteiger partial charge >= 0.3 is 0 Å². The first-order valence-corrected chi connectivity index (χ1v) is 4.21. The molecule has 1 aromatic rings. The highest BCUT2D eigenvalue weighted by Gasteiger charge is 2.14. The monoisotopic (exact) mass is 166 g/mol. The van der Waals surface area contributed by atoms with Crippen molar-refractivity contribution in [3.05, 3.63) is 24.2 Å². The van der Waals surface area contributed by atoms with Crippen LogP contribution in [0.5, 0.6) is 0 Å². The van der Waals surface area contributed by atoms with E-state index in [2.05, 4.69) is 11.6 Å². The second kappa shape index (κ2) is 3.74. The number of hydrogen-bond donors (Lipinski definition) is 1. The van der Waals surface area contributed by atoms with Gasteiger partial charge in [0.15, 0.2) is 6.26 Å². The van der Waals surface area contributed by atoms with Gasteiger partial charge in [-0.3, -0.25) is 0 Å². The molecule has 3 nitrogen and oxygen atoms in total. The minimum atomic E-state index is 0.285. The average molecular weight is 166 g/mol. The van der Waals surface area contributed by atoms with Crippen molar-refractivity contribution >= 4 is 0 Å². The second-order valence-corrected chi connectivity index (χ2v) is 2.95. The van der Waals surface area contributed by atoms with E-state index in [-0.39, 0.29) is 6.10 Å². The Balaban J connectivity index is 1.86. The van der Waals surface area contributed by atoms with Gasteiger partial charge in [0.25, 0.3) is 0 Å². The van der Waals surface area contributed by atoms with Crippen molar-refractivity contribution in [1.29, 1.82) is 0 Å². The molecule has 12 heavy (non-hydrogen) atoms. The molecule has 1 N–H and O–H groups in total. The Morgan fingerprint density at radius 1 is 1.67 bits per heavy atom. The second-order valence-electron chi connectivity index (χ2n) is 2.95. The van der Waals surface area contributed by atoms with Crippen LogP contribution in [0, 0.1) is 6.26 Å². The fourth-order valence-electron chi connectivity index (χ4n) is 1.37. The lowest BCUT2D eigenvalue weighted by molar-refractivity contribution is 0.0291. The predicted octanol–water partition coefficient (Wildman–Crippen LogP) is 0.611. The molecule has 0 bridgehead atoms. The number of ether oxygens (including phenoxy) is 1. The molecule has 0 spiro atoms. The van der Waals surface area contributed by atoms with Gasteiger partial charge in [0.05, 0.1) is 19.0 Å². The molecule has 1 unspecified atom stereocenters. The summed E-state index contributed by atoms with van der Waals surface area (Å²) in [5.74, 6) is 0. The smallest absolute Gasteiger partial charge is 0.172 e. The van der Waals surface area contributed by atoms with E-state index >= 15 is 0 Å². The fraction of sp³-hybridized carbons (Fsp3) is 0.556. The lowest BCUT2D eigenvalue weighted by atomic mass is 10.1. The topological polar surface area (TPSA) is 34.4 Å². The summed E-state index contributed by atoms with van der Waals surface area (Å²) < 4.78 is 10.4. The molecule has 1 radical (unpaired) electrons. The highest BCUT2D eigenvalue weighted by Crippen LogP contribution is 2.07. The van der Waals surface area contributed by atoms with Crippen LogP contribution in [0.1, 0.15) is 5.56 Å². The van der Waals surface area contributed by atoms with E-state index in [1.807, 2.05) is 6.07 Å². The van der Waals surface area contributed by atoms with Crippen molar-refractivity contribution < 1.29 is 9.15 Å². The molecule has 2 heterocycles. The summed E-state index contributed by atoms with van der Waals surface area (Å²) >= 11 is 0. The first kappa shape index (κ1) is 7.83. The maximum Gasteiger partial charge on any atom is 0.172 e. The third-order valence-electron chi connectivity index (χ3n) is 1.98. The molecule has 2 rings (SSSR count). The van der Waals surface area contributed by atoms with Gasteiger partial charge in [0.2, 0.25) is 0 Å². The third-order valence-corrected chi connectivity index (χ3v) is 1.98. The third kappa shape index (κ3) is 1.87. The fourth-order valence-corrected chi connectivity index (χ4v) is 1.37. The van der Waals surface area contributed by atoms with Gasteiger partial charge in [-0.2, -0.15) is 0 Å². The minimum Gasteiger partial charge on any atom is -0.461 e. The van der Waals surface area contributed by atoms with Crippen LogP contribution in [0.4, 0.5) is 0 Å². The molecule has 1 saturated heterocycles. The summed E-state index contributed by atoms with van der Waals surface area (Å²) in [6.07, 6.45) is 5.62. The molecule has 1 atom stereocenters. The molecule has 0 aliphatic carbocycles. The van der Waals surface area contributed by atoms with Crippen LogP contribution in [0.15, 0.2) is 16.7 Å². The number of morpholine rings is 1. The Hall–Kier alpha value is -0.800. The molecule has 0 saturated carbocycles. The van der Waals surface area contributed by atoms with Crippen LogP contribution >= 0.6 is 0 Å². The van der Waals surface area contributed by atoms with Crippen LogP contribution in [-0.2, 0) is 11.2 Å². The van der Waals surface area contributed by atoms with E-state index in [1.54, 1.807) is 6.26 Å². The number of furan rings is 1. The van der Waals surface area contributed by atoms with Crippen molar-refractivity contribution in [2.45, 2.75) is 12.5 Å². The number of hydrogen-bond acceptors (Lipinski definition) is 3. The van der Waals surface area contributed by atoms with E-state index in [0.29, 0.717) is 0 Å². The van der Waals surface area contributed by atoms with Crippen LogP contribution in [-0.4, -0.2) is 25.8 Å². The maximum atomic E-state index is 5.53. The number of nitrogens with one attached hydrogen (secondary N) is 1. The molecule has 1 fully saturated rings. The van der Waals surface area contributed by atoms with Gasteiger partial charge in [-0.05, 0) is 6.07 Å². The highest BCUT2D eigenvalue weighted by molar-refractivity contribution is 5.05. The Morgan fingerprint density at radius 2 is 2.67 bits per heavy atom. The van der Waals surface area contributed by atoms with E-state index in [0.717, 1.165) is 31.7 Å². The van der Waals surface area contributed by atoms with Gasteiger partial charge in [-0.15, -0.1) is 0 Å². The summed E-state index contributed by atoms with van der Waals surface area (Å²) in [6, 6.07) is 1.93. The zero-order chi connectivity index (χ0) is 8.23. The summed E-state index contributed by atoms with van der Waals surface area (Å²) in [4.78, 5) is 0. The molecule has 0 amide bonds. The van der Waals surface area contributed by atoms with Gasteiger partial charge in [-0.25, -0.2) is 0 Å². The molecule has 1 aliphatic heterocycles. The van der Waals surface area contributed by atoms with Gasteiger partial charge in [0, 0.05) is 25.1 Å². The Kier molecular flexibility index (Phi) is 2.44. The molecule has 65 valence electrons. The van der Waals surface area contributed by atoms with E-state index in [1.165, 1.54) is 0 Å². The molecule has 1 aliphatic rings. The lowest BCUT2D eigenvalue weighted by Gasteiger charge is -2.22. The van der Waals surface area contributed by atoms with E-state index in [4.69, 9.17) is 9.15 Å². The molecule has 3 heteroatoms. The average Bonchev–Trinajstić information content (AvgIpc) is 2.59. The maximum absolute atomic E-state index is 5.53. The van der Waals surface area contributed by atoms with Crippen LogP contribution < -0.4 is 5.32 Å². The summed E-state index contributed by atoms with van der Waals surface area (Å²) in [5, 5.41) is 3.28. The van der Waals surface area contributed by atoms with Crippen LogP contribution in [0.2, 0.25) is 0 Å². The molecular formula is C9H12NO2. The minimum absolute atomic E-state index is 0.285. The Labute approximate surface area is 71.7 Å². The zero-order valence-electron chi connectivity index (χ0n) is 6.88. The van der Waals surface area contributed by atoms with E-state index in [9.17, 15) is 0 Å². The molecule has 0 aromatic carbocycles. The van der Waals surface area contributed by atoms with Gasteiger partial charge in [0.1, 0.15) is 0 Å². The van der Waals surface area contributed by atoms with Crippen LogP contribution in [0.3, 0.4) is 0 Å². The molecule has 1 aromatic heterocycles. The van der Waals surface area contributed by atoms with Gasteiger partial charge in [-0.1, -0.05) is 0 Å².